The van der Waals surface area contributed by atoms with Crippen molar-refractivity contribution in [2.24, 2.45) is 28.7 Å². The predicted molar refractivity (Wildman–Crippen MR) is 351 cm³/mol. The number of carbonyl (C=O) groups excluding carboxylic acids is 8. The molecular formula is C65H126N10O11S. The smallest absolute Gasteiger partial charge is 0.306 e. The molecule has 0 spiro atoms. The number of ether oxygens (including phenoxy) is 2. The molecule has 87 heavy (non-hydrogen) atoms. The Balaban J connectivity index is 5.76. The fourth-order valence-electron chi connectivity index (χ4n) is 10.1. The van der Waals surface area contributed by atoms with Crippen molar-refractivity contribution in [1.29, 1.82) is 0 Å². The van der Waals surface area contributed by atoms with Crippen molar-refractivity contribution in [3.8, 4) is 0 Å². The van der Waals surface area contributed by atoms with Gasteiger partial charge in [0.1, 0.15) is 43.2 Å². The van der Waals surface area contributed by atoms with Crippen molar-refractivity contribution in [2.75, 3.05) is 50.9 Å². The van der Waals surface area contributed by atoms with Gasteiger partial charge in [0.15, 0.2) is 0 Å². The van der Waals surface area contributed by atoms with Crippen molar-refractivity contribution in [3.63, 3.8) is 0 Å². The lowest BCUT2D eigenvalue weighted by atomic mass is 10.0. The Bertz CT molecular complexity index is 1760. The van der Waals surface area contributed by atoms with Gasteiger partial charge in [-0.25, -0.2) is 0 Å². The van der Waals surface area contributed by atoms with Gasteiger partial charge in [0.25, 0.3) is 0 Å². The molecule has 0 bridgehead atoms. The van der Waals surface area contributed by atoms with E-state index in [0.717, 1.165) is 38.5 Å². The number of unbranched alkanes of at least 4 members (excludes halogenated alkanes) is 28. The van der Waals surface area contributed by atoms with Crippen molar-refractivity contribution < 1.29 is 52.9 Å². The molecule has 16 N–H and O–H groups in total. The summed E-state index contributed by atoms with van der Waals surface area (Å²) < 4.78 is 11.5. The highest BCUT2D eigenvalue weighted by Gasteiger charge is 2.32. The summed E-state index contributed by atoms with van der Waals surface area (Å²) >= 11 is 1.21. The van der Waals surface area contributed by atoms with Crippen LogP contribution in [0.15, 0.2) is 0 Å². The summed E-state index contributed by atoms with van der Waals surface area (Å²) in [5.74, 6) is -4.16. The number of aldehydes is 1. The van der Waals surface area contributed by atoms with Gasteiger partial charge in [-0.1, -0.05) is 168 Å². The van der Waals surface area contributed by atoms with Crippen LogP contribution in [0, 0.1) is 0 Å². The van der Waals surface area contributed by atoms with Crippen LogP contribution in [-0.4, -0.2) is 146 Å². The SMILES string of the molecule is CCCCCCCCCCCCCCCC(=O)OC[C@H](CSC[C@H](N)C(=O)N[C@@H](CO)C(=O)NC(CCCCN)C(=O)N[C@@H](CCCCN)C(=O)NC(CCCCN)C(=O)N[C@H](C=O)CCCCN)OC(=O)CCCCCCCCCCCCCCC. The largest absolute Gasteiger partial charge is 0.462 e. The normalized spacial score (nSPS) is 13.7. The number of hydrogen-bond donors (Lipinski definition) is 11. The Labute approximate surface area is 529 Å². The molecule has 0 aliphatic rings. The first-order chi connectivity index (χ1) is 42.2. The van der Waals surface area contributed by atoms with E-state index >= 15 is 0 Å². The van der Waals surface area contributed by atoms with Crippen LogP contribution >= 0.6 is 11.8 Å². The van der Waals surface area contributed by atoms with Crippen molar-refractivity contribution in [1.82, 2.24) is 26.6 Å². The van der Waals surface area contributed by atoms with Crippen molar-refractivity contribution in [3.05, 3.63) is 0 Å². The van der Waals surface area contributed by atoms with E-state index in [4.69, 9.17) is 38.1 Å². The van der Waals surface area contributed by atoms with Gasteiger partial charge in [0, 0.05) is 24.3 Å². The highest BCUT2D eigenvalue weighted by Crippen LogP contribution is 2.17. The van der Waals surface area contributed by atoms with Crippen molar-refractivity contribution >= 4 is 59.5 Å². The lowest BCUT2D eigenvalue weighted by Crippen LogP contribution is -2.59. The number of nitrogens with one attached hydrogen (secondary N) is 5. The summed E-state index contributed by atoms with van der Waals surface area (Å²) in [5, 5.41) is 23.7. The zero-order valence-corrected chi connectivity index (χ0v) is 55.2. The molecule has 5 amide bonds. The van der Waals surface area contributed by atoms with Crippen LogP contribution in [0.25, 0.3) is 0 Å². The lowest BCUT2D eigenvalue weighted by Gasteiger charge is -2.27. The second kappa shape index (κ2) is 59.7. The van der Waals surface area contributed by atoms with Crippen LogP contribution in [0.2, 0.25) is 0 Å². The van der Waals surface area contributed by atoms with E-state index in [2.05, 4.69) is 40.4 Å². The van der Waals surface area contributed by atoms with Gasteiger partial charge in [-0.3, -0.25) is 33.6 Å². The fraction of sp³-hybridized carbons (Fsp3) is 0.877. The summed E-state index contributed by atoms with van der Waals surface area (Å²) in [5.41, 5.74) is 29.2. The van der Waals surface area contributed by atoms with Crippen LogP contribution in [0.3, 0.4) is 0 Å². The van der Waals surface area contributed by atoms with Gasteiger partial charge >= 0.3 is 11.9 Å². The molecule has 0 saturated heterocycles. The number of aliphatic hydroxyl groups is 1. The molecule has 2 unspecified atom stereocenters. The summed E-state index contributed by atoms with van der Waals surface area (Å²) in [7, 11) is 0. The van der Waals surface area contributed by atoms with Gasteiger partial charge in [-0.05, 0) is 116 Å². The van der Waals surface area contributed by atoms with E-state index in [-0.39, 0.29) is 56.2 Å². The molecule has 0 radical (unpaired) electrons. The minimum absolute atomic E-state index is 0.0190. The third-order valence-corrected chi connectivity index (χ3v) is 16.9. The molecule has 0 aliphatic carbocycles. The average Bonchev–Trinajstić information content (AvgIpc) is 3.69. The molecule has 0 rings (SSSR count). The zero-order chi connectivity index (χ0) is 64.4. The lowest BCUT2D eigenvalue weighted by molar-refractivity contribution is -0.157. The Morgan fingerprint density at radius 1 is 0.414 bits per heavy atom. The fourth-order valence-corrected chi connectivity index (χ4v) is 11.1. The number of carbonyl (C=O) groups is 8. The third-order valence-electron chi connectivity index (χ3n) is 15.7. The summed E-state index contributed by atoms with van der Waals surface area (Å²) in [6, 6.07) is -6.94. The molecule has 0 heterocycles. The number of nitrogens with two attached hydrogens (primary N) is 5. The Hall–Kier alpha value is -3.93. The van der Waals surface area contributed by atoms with Crippen LogP contribution in [0.1, 0.15) is 271 Å². The summed E-state index contributed by atoms with van der Waals surface area (Å²) in [4.78, 5) is 107. The van der Waals surface area contributed by atoms with Crippen LogP contribution in [-0.2, 0) is 47.8 Å². The first kappa shape index (κ1) is 83.1. The minimum Gasteiger partial charge on any atom is -0.462 e. The number of thioether (sulfide) groups is 1. The molecule has 0 aromatic carbocycles. The van der Waals surface area contributed by atoms with E-state index in [1.54, 1.807) is 0 Å². The summed E-state index contributed by atoms with van der Waals surface area (Å²) in [6.07, 6.45) is 36.2. The van der Waals surface area contributed by atoms with E-state index in [9.17, 15) is 43.5 Å². The van der Waals surface area contributed by atoms with Gasteiger partial charge in [0.05, 0.1) is 18.7 Å². The first-order valence-electron chi connectivity index (χ1n) is 34.3. The van der Waals surface area contributed by atoms with Gasteiger partial charge in [0.2, 0.25) is 29.5 Å². The highest BCUT2D eigenvalue weighted by molar-refractivity contribution is 7.99. The molecule has 7 atom stereocenters. The van der Waals surface area contributed by atoms with E-state index in [1.807, 2.05) is 0 Å². The molecule has 0 fully saturated rings. The quantitative estimate of drug-likeness (QED) is 0.0159. The number of hydrogen-bond acceptors (Lipinski definition) is 17. The number of rotatable bonds is 63. The highest BCUT2D eigenvalue weighted by atomic mass is 32.2. The molecule has 0 aliphatic heterocycles. The Kier molecular flexibility index (Phi) is 57.0. The van der Waals surface area contributed by atoms with Crippen LogP contribution in [0.5, 0.6) is 0 Å². The van der Waals surface area contributed by atoms with E-state index in [1.165, 1.54) is 127 Å². The molecule has 22 heteroatoms. The standard InChI is InChI=1S/C65H126N10O11S/c1-3-5-7-9-11-13-15-17-19-21-23-25-27-41-59(78)85-49-53(86-60(79)42-28-26-24-22-20-18-16-14-12-10-8-6-4-2)50-87-51-54(70)61(80)75-58(48-77)65(84)74-57(40-32-36-46-69)64(83)73-56(39-31-35-45-68)63(82)72-55(38-30-34-44-67)62(81)71-52(47-76)37-29-33-43-66/h47,52-58,77H,3-46,48-51,66-70H2,1-2H3,(H,71,81)(H,72,82)(H,73,83)(H,74,84)(H,75,80)/t52-,53+,54-,55?,56-,57?,58-/m0/s1. The minimum atomic E-state index is -1.52. The van der Waals surface area contributed by atoms with Crippen molar-refractivity contribution in [2.45, 2.75) is 313 Å². The average molecular weight is 1260 g/mol. The first-order valence-corrected chi connectivity index (χ1v) is 35.5. The monoisotopic (exact) mass is 1250 g/mol. The molecule has 21 nitrogen and oxygen atoms in total. The number of aliphatic hydroxyl groups excluding tert-OH is 1. The van der Waals surface area contributed by atoms with E-state index < -0.39 is 84.5 Å². The number of esters is 2. The zero-order valence-electron chi connectivity index (χ0n) is 54.4. The molecule has 508 valence electrons. The maximum atomic E-state index is 14.1. The molecular weight excluding hydrogens is 1130 g/mol. The van der Waals surface area contributed by atoms with Crippen LogP contribution < -0.4 is 55.3 Å². The van der Waals surface area contributed by atoms with Gasteiger partial charge < -0.3 is 74.6 Å². The third kappa shape index (κ3) is 47.7. The second-order valence-corrected chi connectivity index (χ2v) is 24.8. The second-order valence-electron chi connectivity index (χ2n) is 23.7. The maximum Gasteiger partial charge on any atom is 0.306 e. The topological polar surface area (TPSA) is 365 Å². The molecule has 0 aromatic heterocycles. The Morgan fingerprint density at radius 2 is 0.747 bits per heavy atom. The Morgan fingerprint density at radius 3 is 1.11 bits per heavy atom. The van der Waals surface area contributed by atoms with Gasteiger partial charge in [-0.15, -0.1) is 0 Å². The van der Waals surface area contributed by atoms with E-state index in [0.29, 0.717) is 103 Å². The summed E-state index contributed by atoms with van der Waals surface area (Å²) in [6.45, 7) is 4.91. The predicted octanol–water partition coefficient (Wildman–Crippen LogP) is 7.60. The van der Waals surface area contributed by atoms with Crippen LogP contribution in [0.4, 0.5) is 0 Å². The van der Waals surface area contributed by atoms with Gasteiger partial charge in [-0.2, -0.15) is 11.8 Å². The number of amides is 5. The molecule has 0 saturated carbocycles. The maximum absolute atomic E-state index is 14.1. The molecule has 0 aromatic rings.